The second-order valence-corrected chi connectivity index (χ2v) is 3.40. The molecule has 2 rings (SSSR count). The van der Waals surface area contributed by atoms with E-state index in [-0.39, 0.29) is 5.75 Å². The number of anilines is 2. The van der Waals surface area contributed by atoms with Crippen molar-refractivity contribution in [3.63, 3.8) is 0 Å². The Bertz CT molecular complexity index is 369. The molecule has 0 radical (unpaired) electrons. The van der Waals surface area contributed by atoms with Crippen LogP contribution in [0.4, 0.5) is 10.8 Å². The van der Waals surface area contributed by atoms with E-state index in [1.807, 2.05) is 5.38 Å². The molecule has 0 aliphatic carbocycles. The molecule has 0 atom stereocenters. The first-order chi connectivity index (χ1) is 6.34. The monoisotopic (exact) mass is 192 g/mol. The highest BCUT2D eigenvalue weighted by molar-refractivity contribution is 7.13. The topological polar surface area (TPSA) is 45.1 Å². The minimum atomic E-state index is 0.268. The van der Waals surface area contributed by atoms with Crippen molar-refractivity contribution in [3.05, 3.63) is 35.8 Å². The van der Waals surface area contributed by atoms with Crippen LogP contribution >= 0.6 is 11.3 Å². The van der Waals surface area contributed by atoms with Crippen LogP contribution in [0.25, 0.3) is 0 Å². The van der Waals surface area contributed by atoms with Crippen molar-refractivity contribution in [2.24, 2.45) is 0 Å². The summed E-state index contributed by atoms with van der Waals surface area (Å²) < 4.78 is 0. The molecule has 0 unspecified atom stereocenters. The largest absolute Gasteiger partial charge is 0.508 e. The van der Waals surface area contributed by atoms with Crippen LogP contribution in [0.3, 0.4) is 0 Å². The van der Waals surface area contributed by atoms with Crippen molar-refractivity contribution in [1.82, 2.24) is 4.98 Å². The lowest BCUT2D eigenvalue weighted by Crippen LogP contribution is -1.87. The number of nitrogens with zero attached hydrogens (tertiary/aromatic N) is 1. The molecule has 66 valence electrons. The Kier molecular flexibility index (Phi) is 2.14. The van der Waals surface area contributed by atoms with Gasteiger partial charge in [-0.2, -0.15) is 0 Å². The van der Waals surface area contributed by atoms with Gasteiger partial charge in [-0.1, -0.05) is 0 Å². The van der Waals surface area contributed by atoms with Crippen LogP contribution < -0.4 is 5.32 Å². The Balaban J connectivity index is 2.15. The Morgan fingerprint density at radius 1 is 1.23 bits per heavy atom. The average Bonchev–Trinajstić information content (AvgIpc) is 2.62. The lowest BCUT2D eigenvalue weighted by atomic mass is 10.3. The average molecular weight is 192 g/mol. The molecular formula is C9H8N2OS. The van der Waals surface area contributed by atoms with E-state index in [2.05, 4.69) is 10.3 Å². The molecule has 2 aromatic rings. The first-order valence-electron chi connectivity index (χ1n) is 3.80. The van der Waals surface area contributed by atoms with Gasteiger partial charge in [0.1, 0.15) is 5.75 Å². The van der Waals surface area contributed by atoms with Gasteiger partial charge in [-0.25, -0.2) is 4.98 Å². The van der Waals surface area contributed by atoms with E-state index in [1.54, 1.807) is 30.5 Å². The van der Waals surface area contributed by atoms with Crippen molar-refractivity contribution in [3.8, 4) is 5.75 Å². The van der Waals surface area contributed by atoms with Crippen LogP contribution in [0, 0.1) is 0 Å². The fourth-order valence-electron chi connectivity index (χ4n) is 0.953. The highest BCUT2D eigenvalue weighted by Gasteiger charge is 1.95. The highest BCUT2D eigenvalue weighted by atomic mass is 32.1. The minimum Gasteiger partial charge on any atom is -0.508 e. The van der Waals surface area contributed by atoms with Crippen molar-refractivity contribution < 1.29 is 5.11 Å². The molecule has 13 heavy (non-hydrogen) atoms. The molecule has 0 aliphatic heterocycles. The van der Waals surface area contributed by atoms with Crippen molar-refractivity contribution >= 4 is 22.2 Å². The van der Waals surface area contributed by atoms with E-state index >= 15 is 0 Å². The third kappa shape index (κ3) is 1.97. The second-order valence-electron chi connectivity index (χ2n) is 2.51. The molecule has 0 aliphatic rings. The van der Waals surface area contributed by atoms with Gasteiger partial charge in [0.15, 0.2) is 5.13 Å². The molecule has 0 spiro atoms. The molecular weight excluding hydrogens is 184 g/mol. The normalized spacial score (nSPS) is 9.85. The van der Waals surface area contributed by atoms with Gasteiger partial charge in [0.25, 0.3) is 0 Å². The number of phenols is 1. The third-order valence-corrected chi connectivity index (χ3v) is 2.24. The molecule has 1 heterocycles. The van der Waals surface area contributed by atoms with Crippen LogP contribution in [0.1, 0.15) is 0 Å². The minimum absolute atomic E-state index is 0.268. The van der Waals surface area contributed by atoms with Gasteiger partial charge < -0.3 is 10.4 Å². The van der Waals surface area contributed by atoms with Crippen LogP contribution in [-0.2, 0) is 0 Å². The first-order valence-corrected chi connectivity index (χ1v) is 4.68. The van der Waals surface area contributed by atoms with Crippen molar-refractivity contribution in [2.75, 3.05) is 5.32 Å². The first kappa shape index (κ1) is 8.07. The van der Waals surface area contributed by atoms with Crippen LogP contribution in [-0.4, -0.2) is 10.1 Å². The molecule has 2 N–H and O–H groups in total. The maximum absolute atomic E-state index is 9.04. The van der Waals surface area contributed by atoms with Crippen LogP contribution in [0.2, 0.25) is 0 Å². The summed E-state index contributed by atoms with van der Waals surface area (Å²) in [6, 6.07) is 6.87. The predicted molar refractivity (Wildman–Crippen MR) is 53.5 cm³/mol. The summed E-state index contributed by atoms with van der Waals surface area (Å²) in [5, 5.41) is 14.9. The molecule has 0 fully saturated rings. The predicted octanol–water partition coefficient (Wildman–Crippen LogP) is 2.59. The fraction of sp³-hybridized carbons (Fsp3) is 0. The number of aromatic nitrogens is 1. The Morgan fingerprint density at radius 2 is 2.00 bits per heavy atom. The standard InChI is InChI=1S/C9H8N2OS/c12-8-3-1-7(2-4-8)11-9-10-5-6-13-9/h1-6,12H,(H,10,11). The van der Waals surface area contributed by atoms with E-state index in [1.165, 1.54) is 11.3 Å². The quantitative estimate of drug-likeness (QED) is 0.719. The summed E-state index contributed by atoms with van der Waals surface area (Å²) >= 11 is 1.54. The number of benzene rings is 1. The maximum atomic E-state index is 9.04. The number of rotatable bonds is 2. The van der Waals surface area contributed by atoms with E-state index < -0.39 is 0 Å². The van der Waals surface area contributed by atoms with E-state index in [0.717, 1.165) is 10.8 Å². The number of hydrogen-bond acceptors (Lipinski definition) is 4. The van der Waals surface area contributed by atoms with E-state index in [0.29, 0.717) is 0 Å². The van der Waals surface area contributed by atoms with Crippen LogP contribution in [0.15, 0.2) is 35.8 Å². The number of thiazole rings is 1. The number of phenolic OH excluding ortho intramolecular Hbond substituents is 1. The molecule has 0 saturated carbocycles. The highest BCUT2D eigenvalue weighted by Crippen LogP contribution is 2.20. The molecule has 0 bridgehead atoms. The third-order valence-electron chi connectivity index (χ3n) is 1.55. The summed E-state index contributed by atoms with van der Waals surface area (Å²) in [6.45, 7) is 0. The number of nitrogens with one attached hydrogen (secondary N) is 1. The van der Waals surface area contributed by atoms with Gasteiger partial charge in [-0.15, -0.1) is 11.3 Å². The molecule has 1 aromatic heterocycles. The van der Waals surface area contributed by atoms with Gasteiger partial charge >= 0.3 is 0 Å². The van der Waals surface area contributed by atoms with Gasteiger partial charge in [-0.3, -0.25) is 0 Å². The zero-order chi connectivity index (χ0) is 9.10. The Morgan fingerprint density at radius 3 is 2.62 bits per heavy atom. The summed E-state index contributed by atoms with van der Waals surface area (Å²) in [4.78, 5) is 4.08. The molecule has 0 saturated heterocycles. The smallest absolute Gasteiger partial charge is 0.187 e. The summed E-state index contributed by atoms with van der Waals surface area (Å²) in [5.41, 5.74) is 0.924. The maximum Gasteiger partial charge on any atom is 0.187 e. The summed E-state index contributed by atoms with van der Waals surface area (Å²) in [6.07, 6.45) is 1.74. The Labute approximate surface area is 79.7 Å². The zero-order valence-electron chi connectivity index (χ0n) is 6.77. The van der Waals surface area contributed by atoms with E-state index in [9.17, 15) is 0 Å². The Hall–Kier alpha value is -1.55. The molecule has 4 heteroatoms. The van der Waals surface area contributed by atoms with Crippen molar-refractivity contribution in [2.45, 2.75) is 0 Å². The molecule has 0 amide bonds. The van der Waals surface area contributed by atoms with Gasteiger partial charge in [0.2, 0.25) is 0 Å². The SMILES string of the molecule is Oc1ccc(Nc2nccs2)cc1. The van der Waals surface area contributed by atoms with Gasteiger partial charge in [-0.05, 0) is 24.3 Å². The van der Waals surface area contributed by atoms with Crippen LogP contribution in [0.5, 0.6) is 5.75 Å². The van der Waals surface area contributed by atoms with Crippen molar-refractivity contribution in [1.29, 1.82) is 0 Å². The number of aromatic hydroxyl groups is 1. The summed E-state index contributed by atoms with van der Waals surface area (Å²) in [5.74, 6) is 0.268. The number of hydrogen-bond donors (Lipinski definition) is 2. The lowest BCUT2D eigenvalue weighted by Gasteiger charge is -2.01. The lowest BCUT2D eigenvalue weighted by molar-refractivity contribution is 0.475. The second kappa shape index (κ2) is 3.45. The van der Waals surface area contributed by atoms with Gasteiger partial charge in [0.05, 0.1) is 0 Å². The van der Waals surface area contributed by atoms with E-state index in [4.69, 9.17) is 5.11 Å². The molecule has 1 aromatic carbocycles. The fourth-order valence-corrected chi connectivity index (χ4v) is 1.50. The molecule has 3 nitrogen and oxygen atoms in total. The zero-order valence-corrected chi connectivity index (χ0v) is 7.58. The van der Waals surface area contributed by atoms with Gasteiger partial charge in [0, 0.05) is 17.3 Å². The summed E-state index contributed by atoms with van der Waals surface area (Å²) in [7, 11) is 0.